The van der Waals surface area contributed by atoms with Crippen molar-refractivity contribution in [3.8, 4) is 0 Å². The molecule has 0 unspecified atom stereocenters. The lowest BCUT2D eigenvalue weighted by molar-refractivity contribution is -0.197. The van der Waals surface area contributed by atoms with E-state index in [1.807, 2.05) is 6.92 Å². The van der Waals surface area contributed by atoms with Crippen molar-refractivity contribution in [2.24, 2.45) is 0 Å². The molecular weight excluding hydrogens is 156 g/mol. The molecule has 0 amide bonds. The maximum absolute atomic E-state index is 9.61. The van der Waals surface area contributed by atoms with E-state index >= 15 is 0 Å². The molecule has 0 radical (unpaired) electrons. The number of rotatable bonds is 1. The molecule has 2 fully saturated rings. The van der Waals surface area contributed by atoms with E-state index in [0.29, 0.717) is 0 Å². The van der Waals surface area contributed by atoms with Gasteiger partial charge in [-0.1, -0.05) is 6.92 Å². The Labute approximate surface area is 72.7 Å². The molecule has 3 heteroatoms. The summed E-state index contributed by atoms with van der Waals surface area (Å²) in [6.45, 7) is 4.02. The van der Waals surface area contributed by atoms with Crippen molar-refractivity contribution in [1.29, 1.82) is 0 Å². The van der Waals surface area contributed by atoms with Crippen LogP contribution in [0.15, 0.2) is 0 Å². The fourth-order valence-electron chi connectivity index (χ4n) is 2.11. The molecule has 0 saturated carbocycles. The molecule has 2 bridgehead atoms. The van der Waals surface area contributed by atoms with Gasteiger partial charge in [0.25, 0.3) is 0 Å². The average Bonchev–Trinajstić information content (AvgIpc) is 2.34. The number of fused-ring (bicyclic) bond motifs is 2. The Hall–Kier alpha value is -0.120. The van der Waals surface area contributed by atoms with Gasteiger partial charge in [-0.3, -0.25) is 0 Å². The molecule has 1 N–H and O–H groups in total. The van der Waals surface area contributed by atoms with Crippen LogP contribution in [0.5, 0.6) is 0 Å². The van der Waals surface area contributed by atoms with Crippen LogP contribution in [-0.2, 0) is 9.47 Å². The summed E-state index contributed by atoms with van der Waals surface area (Å²) < 4.78 is 11.3. The molecule has 2 aliphatic rings. The van der Waals surface area contributed by atoms with E-state index in [4.69, 9.17) is 9.47 Å². The highest BCUT2D eigenvalue weighted by atomic mass is 16.8. The van der Waals surface area contributed by atoms with Crippen molar-refractivity contribution in [2.75, 3.05) is 0 Å². The Morgan fingerprint density at radius 3 is 2.92 bits per heavy atom. The fourth-order valence-corrected chi connectivity index (χ4v) is 2.11. The van der Waals surface area contributed by atoms with E-state index in [1.165, 1.54) is 0 Å². The van der Waals surface area contributed by atoms with E-state index in [0.717, 1.165) is 19.3 Å². The maximum atomic E-state index is 9.61. The summed E-state index contributed by atoms with van der Waals surface area (Å²) in [5.41, 5.74) is 0. The van der Waals surface area contributed by atoms with Gasteiger partial charge in [0.15, 0.2) is 5.79 Å². The van der Waals surface area contributed by atoms with Gasteiger partial charge in [-0.25, -0.2) is 0 Å². The zero-order valence-electron chi connectivity index (χ0n) is 7.62. The second-order valence-corrected chi connectivity index (χ2v) is 3.89. The van der Waals surface area contributed by atoms with Crippen LogP contribution in [0, 0.1) is 0 Å². The van der Waals surface area contributed by atoms with Crippen molar-refractivity contribution in [1.82, 2.24) is 0 Å². The second-order valence-electron chi connectivity index (χ2n) is 3.89. The highest BCUT2D eigenvalue weighted by Gasteiger charge is 2.50. The summed E-state index contributed by atoms with van der Waals surface area (Å²) in [6.07, 6.45) is 2.20. The van der Waals surface area contributed by atoms with Crippen LogP contribution in [0.4, 0.5) is 0 Å². The number of hydrogen-bond donors (Lipinski definition) is 1. The van der Waals surface area contributed by atoms with E-state index < -0.39 is 5.79 Å². The highest BCUT2D eigenvalue weighted by Crippen LogP contribution is 2.40. The van der Waals surface area contributed by atoms with Gasteiger partial charge in [0.1, 0.15) is 6.10 Å². The molecule has 2 aliphatic heterocycles. The summed E-state index contributed by atoms with van der Waals surface area (Å²) >= 11 is 0. The molecule has 0 aromatic carbocycles. The first kappa shape index (κ1) is 8.48. The summed E-state index contributed by atoms with van der Waals surface area (Å²) in [5.74, 6) is -0.412. The number of ether oxygens (including phenoxy) is 2. The lowest BCUT2D eigenvalue weighted by Gasteiger charge is -2.30. The third-order valence-electron chi connectivity index (χ3n) is 2.83. The van der Waals surface area contributed by atoms with Crippen LogP contribution in [0.25, 0.3) is 0 Å². The Morgan fingerprint density at radius 2 is 2.25 bits per heavy atom. The number of aliphatic hydroxyl groups excluding tert-OH is 1. The lowest BCUT2D eigenvalue weighted by Crippen LogP contribution is -2.40. The molecule has 0 aromatic heterocycles. The first-order valence-electron chi connectivity index (χ1n) is 4.68. The first-order chi connectivity index (χ1) is 5.64. The summed E-state index contributed by atoms with van der Waals surface area (Å²) in [5, 5.41) is 9.61. The quantitative estimate of drug-likeness (QED) is 0.642. The van der Waals surface area contributed by atoms with Gasteiger partial charge in [-0.2, -0.15) is 0 Å². The van der Waals surface area contributed by atoms with E-state index in [-0.39, 0.29) is 18.3 Å². The minimum atomic E-state index is -0.412. The first-order valence-corrected chi connectivity index (χ1v) is 4.68. The topological polar surface area (TPSA) is 38.7 Å². The Balaban J connectivity index is 2.15. The molecule has 2 heterocycles. The van der Waals surface area contributed by atoms with Crippen LogP contribution < -0.4 is 0 Å². The zero-order chi connectivity index (χ0) is 8.77. The molecular formula is C9H16O3. The van der Waals surface area contributed by atoms with Crippen molar-refractivity contribution < 1.29 is 14.6 Å². The third kappa shape index (κ3) is 1.16. The smallest absolute Gasteiger partial charge is 0.166 e. The van der Waals surface area contributed by atoms with Crippen molar-refractivity contribution in [3.05, 3.63) is 0 Å². The SMILES string of the molecule is CC[C@H]1O[C@]2(C)CC[C@@H](O)[C@@H]1O2. The van der Waals surface area contributed by atoms with Gasteiger partial charge in [0, 0.05) is 6.42 Å². The minimum absolute atomic E-state index is 0.0891. The van der Waals surface area contributed by atoms with Crippen molar-refractivity contribution in [3.63, 3.8) is 0 Å². The molecule has 12 heavy (non-hydrogen) atoms. The largest absolute Gasteiger partial charge is 0.390 e. The molecule has 4 atom stereocenters. The molecule has 0 spiro atoms. The van der Waals surface area contributed by atoms with Crippen LogP contribution in [0.2, 0.25) is 0 Å². The van der Waals surface area contributed by atoms with Crippen molar-refractivity contribution >= 4 is 0 Å². The van der Waals surface area contributed by atoms with E-state index in [2.05, 4.69) is 6.92 Å². The maximum Gasteiger partial charge on any atom is 0.166 e. The van der Waals surface area contributed by atoms with E-state index in [1.54, 1.807) is 0 Å². The summed E-state index contributed by atoms with van der Waals surface area (Å²) in [7, 11) is 0. The van der Waals surface area contributed by atoms with Crippen LogP contribution in [-0.4, -0.2) is 29.2 Å². The summed E-state index contributed by atoms with van der Waals surface area (Å²) in [6, 6.07) is 0. The Kier molecular flexibility index (Phi) is 1.90. The molecule has 2 rings (SSSR count). The number of hydrogen-bond acceptors (Lipinski definition) is 3. The molecule has 0 aliphatic carbocycles. The van der Waals surface area contributed by atoms with Crippen LogP contribution >= 0.6 is 0 Å². The van der Waals surface area contributed by atoms with Crippen LogP contribution in [0.3, 0.4) is 0 Å². The van der Waals surface area contributed by atoms with Gasteiger partial charge in [-0.15, -0.1) is 0 Å². The molecule has 0 aromatic rings. The minimum Gasteiger partial charge on any atom is -0.390 e. The van der Waals surface area contributed by atoms with Crippen LogP contribution in [0.1, 0.15) is 33.1 Å². The van der Waals surface area contributed by atoms with E-state index in [9.17, 15) is 5.11 Å². The molecule has 3 nitrogen and oxygen atoms in total. The highest BCUT2D eigenvalue weighted by molar-refractivity contribution is 4.92. The van der Waals surface area contributed by atoms with Gasteiger partial charge in [0.05, 0.1) is 12.2 Å². The summed E-state index contributed by atoms with van der Waals surface area (Å²) in [4.78, 5) is 0. The lowest BCUT2D eigenvalue weighted by atomic mass is 9.99. The standard InChI is InChI=1S/C9H16O3/c1-3-7-8-6(10)4-5-9(2,11-7)12-8/h6-8,10H,3-5H2,1-2H3/t6-,7-,8+,9+/m1/s1. The second kappa shape index (κ2) is 2.69. The number of aliphatic hydroxyl groups is 1. The normalized spacial score (nSPS) is 52.8. The van der Waals surface area contributed by atoms with Gasteiger partial charge >= 0.3 is 0 Å². The van der Waals surface area contributed by atoms with Gasteiger partial charge in [-0.05, 0) is 19.8 Å². The fraction of sp³-hybridized carbons (Fsp3) is 1.00. The average molecular weight is 172 g/mol. The third-order valence-corrected chi connectivity index (χ3v) is 2.83. The molecule has 2 saturated heterocycles. The van der Waals surface area contributed by atoms with Crippen molar-refractivity contribution in [2.45, 2.75) is 57.2 Å². The Morgan fingerprint density at radius 1 is 1.50 bits per heavy atom. The van der Waals surface area contributed by atoms with Gasteiger partial charge in [0.2, 0.25) is 0 Å². The van der Waals surface area contributed by atoms with Gasteiger partial charge < -0.3 is 14.6 Å². The zero-order valence-corrected chi connectivity index (χ0v) is 7.62. The predicted octanol–water partition coefficient (Wildman–Crippen LogP) is 1.05. The monoisotopic (exact) mass is 172 g/mol. The Bertz CT molecular complexity index is 179. The predicted molar refractivity (Wildman–Crippen MR) is 43.7 cm³/mol. The molecule has 70 valence electrons.